The normalized spacial score (nSPS) is 13.6. The zero-order valence-electron chi connectivity index (χ0n) is 11.9. The van der Waals surface area contributed by atoms with Crippen LogP contribution in [0.25, 0.3) is 0 Å². The van der Waals surface area contributed by atoms with Crippen molar-refractivity contribution in [1.29, 1.82) is 0 Å². The number of benzene rings is 1. The highest BCUT2D eigenvalue weighted by atomic mass is 32.2. The number of unbranched alkanes of at least 4 members (excludes halogenated alkanes) is 1. The van der Waals surface area contributed by atoms with E-state index in [9.17, 15) is 9.59 Å². The Hall–Kier alpha value is -1.49. The minimum absolute atomic E-state index is 0.0195. The molecule has 1 heterocycles. The van der Waals surface area contributed by atoms with Gasteiger partial charge in [-0.05, 0) is 24.1 Å². The Morgan fingerprint density at radius 1 is 1.45 bits per heavy atom. The number of carbonyl (C=O) groups is 2. The Morgan fingerprint density at radius 3 is 3.00 bits per heavy atom. The lowest BCUT2D eigenvalue weighted by molar-refractivity contribution is -0.129. The maximum atomic E-state index is 12.1. The third-order valence-electron chi connectivity index (χ3n) is 3.31. The molecule has 2 amide bonds. The first-order chi connectivity index (χ1) is 9.60. The summed E-state index contributed by atoms with van der Waals surface area (Å²) in [5.74, 6) is 0.602. The van der Waals surface area contributed by atoms with E-state index in [-0.39, 0.29) is 11.8 Å². The van der Waals surface area contributed by atoms with Crippen molar-refractivity contribution >= 4 is 29.3 Å². The Morgan fingerprint density at radius 2 is 2.25 bits per heavy atom. The number of anilines is 1. The highest BCUT2D eigenvalue weighted by molar-refractivity contribution is 8.00. The Bertz CT molecular complexity index is 517. The van der Waals surface area contributed by atoms with Crippen molar-refractivity contribution in [1.82, 2.24) is 4.90 Å². The summed E-state index contributed by atoms with van der Waals surface area (Å²) in [7, 11) is 1.84. The summed E-state index contributed by atoms with van der Waals surface area (Å²) in [6.07, 6.45) is 2.49. The molecule has 0 radical (unpaired) electrons. The second-order valence-electron chi connectivity index (χ2n) is 5.01. The molecule has 1 aromatic carbocycles. The first-order valence-electron chi connectivity index (χ1n) is 6.89. The summed E-state index contributed by atoms with van der Waals surface area (Å²) in [4.78, 5) is 26.3. The smallest absolute Gasteiger partial charge is 0.234 e. The van der Waals surface area contributed by atoms with Crippen molar-refractivity contribution in [3.05, 3.63) is 23.8 Å². The van der Waals surface area contributed by atoms with Crippen molar-refractivity contribution in [2.24, 2.45) is 0 Å². The molecule has 108 valence electrons. The van der Waals surface area contributed by atoms with Crippen molar-refractivity contribution in [3.8, 4) is 0 Å². The van der Waals surface area contributed by atoms with Crippen LogP contribution < -0.4 is 5.32 Å². The van der Waals surface area contributed by atoms with E-state index < -0.39 is 0 Å². The molecule has 0 aliphatic carbocycles. The number of nitrogens with one attached hydrogen (secondary N) is 1. The van der Waals surface area contributed by atoms with Gasteiger partial charge >= 0.3 is 0 Å². The van der Waals surface area contributed by atoms with E-state index in [0.717, 1.165) is 35.5 Å². The Kier molecular flexibility index (Phi) is 5.06. The van der Waals surface area contributed by atoms with Gasteiger partial charge in [-0.2, -0.15) is 0 Å². The number of nitrogens with zero attached hydrogens (tertiary/aromatic N) is 1. The first kappa shape index (κ1) is 14.9. The van der Waals surface area contributed by atoms with Crippen LogP contribution in [0.1, 0.15) is 25.3 Å². The lowest BCUT2D eigenvalue weighted by Gasteiger charge is -2.19. The van der Waals surface area contributed by atoms with Crippen molar-refractivity contribution in [2.45, 2.75) is 31.1 Å². The number of carbonyl (C=O) groups excluding carboxylic acids is 2. The van der Waals surface area contributed by atoms with Gasteiger partial charge < -0.3 is 10.2 Å². The van der Waals surface area contributed by atoms with Crippen LogP contribution in [0, 0.1) is 0 Å². The molecular weight excluding hydrogens is 272 g/mol. The second-order valence-corrected chi connectivity index (χ2v) is 6.03. The molecule has 0 bridgehead atoms. The number of hydrogen-bond donors (Lipinski definition) is 1. The number of fused-ring (bicyclic) bond motifs is 1. The van der Waals surface area contributed by atoms with Crippen molar-refractivity contribution in [2.75, 3.05) is 24.7 Å². The predicted molar refractivity (Wildman–Crippen MR) is 82.0 cm³/mol. The molecule has 20 heavy (non-hydrogen) atoms. The fraction of sp³-hybridized carbons (Fsp3) is 0.467. The van der Waals surface area contributed by atoms with Gasteiger partial charge in [-0.15, -0.1) is 11.8 Å². The highest BCUT2D eigenvalue weighted by Gasteiger charge is 2.16. The zero-order chi connectivity index (χ0) is 14.5. The lowest BCUT2D eigenvalue weighted by Crippen LogP contribution is -2.29. The van der Waals surface area contributed by atoms with E-state index in [1.54, 1.807) is 4.90 Å². The van der Waals surface area contributed by atoms with Crippen LogP contribution in [0.3, 0.4) is 0 Å². The molecule has 0 saturated heterocycles. The molecule has 5 heteroatoms. The fourth-order valence-electron chi connectivity index (χ4n) is 2.07. The minimum Gasteiger partial charge on any atom is -0.345 e. The van der Waals surface area contributed by atoms with Gasteiger partial charge in [-0.1, -0.05) is 19.4 Å². The maximum Gasteiger partial charge on any atom is 0.234 e. The molecule has 0 atom stereocenters. The van der Waals surface area contributed by atoms with E-state index in [2.05, 4.69) is 12.2 Å². The van der Waals surface area contributed by atoms with Crippen molar-refractivity contribution in [3.63, 3.8) is 0 Å². The third-order valence-corrected chi connectivity index (χ3v) is 4.38. The predicted octanol–water partition coefficient (Wildman–Crippen LogP) is 2.53. The lowest BCUT2D eigenvalue weighted by atomic mass is 10.1. The van der Waals surface area contributed by atoms with E-state index in [4.69, 9.17) is 0 Å². The van der Waals surface area contributed by atoms with E-state index in [1.807, 2.05) is 25.2 Å². The molecule has 0 fully saturated rings. The molecule has 0 unspecified atom stereocenters. The van der Waals surface area contributed by atoms with Crippen LogP contribution in [-0.2, 0) is 16.0 Å². The number of hydrogen-bond acceptors (Lipinski definition) is 3. The SMILES string of the molecule is CCCCN(C)C(=O)Cc1ccc2c(c1)NC(=O)CS2. The van der Waals surface area contributed by atoms with Crippen molar-refractivity contribution < 1.29 is 9.59 Å². The van der Waals surface area contributed by atoms with Gasteiger partial charge in [0.25, 0.3) is 0 Å². The first-order valence-corrected chi connectivity index (χ1v) is 7.88. The van der Waals surface area contributed by atoms with Crippen LogP contribution in [0.15, 0.2) is 23.1 Å². The molecule has 0 saturated carbocycles. The monoisotopic (exact) mass is 292 g/mol. The van der Waals surface area contributed by atoms with Gasteiger partial charge in [0.1, 0.15) is 0 Å². The van der Waals surface area contributed by atoms with Gasteiger partial charge in [0, 0.05) is 18.5 Å². The summed E-state index contributed by atoms with van der Waals surface area (Å²) in [6, 6.07) is 5.86. The maximum absolute atomic E-state index is 12.1. The van der Waals surface area contributed by atoms with Gasteiger partial charge in [0.15, 0.2) is 0 Å². The summed E-state index contributed by atoms with van der Waals surface area (Å²) in [5, 5.41) is 2.85. The van der Waals surface area contributed by atoms with Crippen LogP contribution in [0.4, 0.5) is 5.69 Å². The van der Waals surface area contributed by atoms with Gasteiger partial charge in [-0.25, -0.2) is 0 Å². The molecular formula is C15H20N2O2S. The molecule has 1 N–H and O–H groups in total. The van der Waals surface area contributed by atoms with Crippen LogP contribution in [0.5, 0.6) is 0 Å². The Labute approximate surface area is 123 Å². The Balaban J connectivity index is 2.01. The van der Waals surface area contributed by atoms with Crippen LogP contribution in [-0.4, -0.2) is 36.1 Å². The van der Waals surface area contributed by atoms with Crippen LogP contribution in [0.2, 0.25) is 0 Å². The molecule has 0 aromatic heterocycles. The molecule has 1 aromatic rings. The molecule has 1 aliphatic rings. The molecule has 4 nitrogen and oxygen atoms in total. The van der Waals surface area contributed by atoms with Gasteiger partial charge in [-0.3, -0.25) is 9.59 Å². The zero-order valence-corrected chi connectivity index (χ0v) is 12.8. The second kappa shape index (κ2) is 6.79. The fourth-order valence-corrected chi connectivity index (χ4v) is 2.86. The minimum atomic E-state index is 0.0195. The highest BCUT2D eigenvalue weighted by Crippen LogP contribution is 2.32. The number of likely N-dealkylation sites (N-methyl/N-ethyl adjacent to an activating group) is 1. The number of rotatable bonds is 5. The third kappa shape index (κ3) is 3.76. The summed E-state index contributed by atoms with van der Waals surface area (Å²) >= 11 is 1.53. The average Bonchev–Trinajstić information content (AvgIpc) is 2.44. The summed E-state index contributed by atoms with van der Waals surface area (Å²) in [6.45, 7) is 2.91. The van der Waals surface area contributed by atoms with Gasteiger partial charge in [0.05, 0.1) is 17.9 Å². The summed E-state index contributed by atoms with van der Waals surface area (Å²) < 4.78 is 0. The number of amides is 2. The van der Waals surface area contributed by atoms with Crippen LogP contribution >= 0.6 is 11.8 Å². The topological polar surface area (TPSA) is 49.4 Å². The largest absolute Gasteiger partial charge is 0.345 e. The summed E-state index contributed by atoms with van der Waals surface area (Å²) in [5.41, 5.74) is 1.77. The molecule has 1 aliphatic heterocycles. The van der Waals surface area contributed by atoms with Gasteiger partial charge in [0.2, 0.25) is 11.8 Å². The average molecular weight is 292 g/mol. The standard InChI is InChI=1S/C15H20N2O2S/c1-3-4-7-17(2)15(19)9-11-5-6-13-12(8-11)16-14(18)10-20-13/h5-6,8H,3-4,7,9-10H2,1-2H3,(H,16,18). The molecule has 0 spiro atoms. The van der Waals surface area contributed by atoms with E-state index in [1.165, 1.54) is 11.8 Å². The number of thioether (sulfide) groups is 1. The van der Waals surface area contributed by atoms with E-state index in [0.29, 0.717) is 12.2 Å². The van der Waals surface area contributed by atoms with E-state index >= 15 is 0 Å². The molecule has 2 rings (SSSR count). The quantitative estimate of drug-likeness (QED) is 0.907.